The molecule has 0 fully saturated rings. The number of benzene rings is 2. The third-order valence-corrected chi connectivity index (χ3v) is 4.11. The highest BCUT2D eigenvalue weighted by atomic mass is 35.5. The summed E-state index contributed by atoms with van der Waals surface area (Å²) in [6.07, 6.45) is 0. The smallest absolute Gasteiger partial charge is 0.254 e. The molecule has 0 radical (unpaired) electrons. The van der Waals surface area contributed by atoms with Gasteiger partial charge in [-0.1, -0.05) is 41.9 Å². The van der Waals surface area contributed by atoms with E-state index in [1.54, 1.807) is 24.1 Å². The van der Waals surface area contributed by atoms with Crippen LogP contribution in [0.3, 0.4) is 0 Å². The summed E-state index contributed by atoms with van der Waals surface area (Å²) in [4.78, 5) is 14.8. The van der Waals surface area contributed by atoms with Crippen LogP contribution in [0.4, 0.5) is 0 Å². The molecule has 0 unspecified atom stereocenters. The number of carbonyl (C=O) groups excluding carboxylic acids is 1. The third-order valence-electron chi connectivity index (χ3n) is 3.83. The molecule has 0 aromatic heterocycles. The summed E-state index contributed by atoms with van der Waals surface area (Å²) >= 11 is 6.30. The maximum absolute atomic E-state index is 13.1. The molecule has 0 spiro atoms. The first-order valence-electron chi connectivity index (χ1n) is 8.43. The molecular formula is C20H24ClNO4. The van der Waals surface area contributed by atoms with Gasteiger partial charge in [0.25, 0.3) is 5.91 Å². The summed E-state index contributed by atoms with van der Waals surface area (Å²) in [6.45, 7) is 3.71. The van der Waals surface area contributed by atoms with E-state index < -0.39 is 0 Å². The van der Waals surface area contributed by atoms with E-state index in [2.05, 4.69) is 0 Å². The Labute approximate surface area is 159 Å². The standard InChI is InChI=1S/C20H24ClNO4/c1-4-26-19-17(21)12-16(13-18(19)25-3)20(23)22(10-11-24-2)14-15-8-6-5-7-9-15/h5-9,12-13H,4,10-11,14H2,1-3H3. The molecule has 0 N–H and O–H groups in total. The van der Waals surface area contributed by atoms with Gasteiger partial charge in [0.05, 0.1) is 25.3 Å². The second kappa shape index (κ2) is 10.0. The molecule has 0 aliphatic rings. The van der Waals surface area contributed by atoms with Gasteiger partial charge >= 0.3 is 0 Å². The molecule has 2 rings (SSSR count). The van der Waals surface area contributed by atoms with E-state index in [9.17, 15) is 4.79 Å². The maximum Gasteiger partial charge on any atom is 0.254 e. The van der Waals surface area contributed by atoms with Crippen LogP contribution in [-0.2, 0) is 11.3 Å². The van der Waals surface area contributed by atoms with Gasteiger partial charge in [0.2, 0.25) is 0 Å². The molecule has 26 heavy (non-hydrogen) atoms. The van der Waals surface area contributed by atoms with Gasteiger partial charge in [0, 0.05) is 25.8 Å². The van der Waals surface area contributed by atoms with Crippen molar-refractivity contribution in [3.05, 3.63) is 58.6 Å². The summed E-state index contributed by atoms with van der Waals surface area (Å²) in [6, 6.07) is 13.1. The second-order valence-corrected chi connectivity index (χ2v) is 6.03. The van der Waals surface area contributed by atoms with Gasteiger partial charge in [-0.3, -0.25) is 4.79 Å². The molecule has 0 atom stereocenters. The van der Waals surface area contributed by atoms with Crippen molar-refractivity contribution in [2.45, 2.75) is 13.5 Å². The van der Waals surface area contributed by atoms with Gasteiger partial charge in [-0.25, -0.2) is 0 Å². The summed E-state index contributed by atoms with van der Waals surface area (Å²) in [5, 5.41) is 0.348. The van der Waals surface area contributed by atoms with Crippen molar-refractivity contribution in [1.29, 1.82) is 0 Å². The number of ether oxygens (including phenoxy) is 3. The van der Waals surface area contributed by atoms with Crippen LogP contribution < -0.4 is 9.47 Å². The fraction of sp³-hybridized carbons (Fsp3) is 0.350. The van der Waals surface area contributed by atoms with Crippen LogP contribution in [0.25, 0.3) is 0 Å². The minimum Gasteiger partial charge on any atom is -0.493 e. The second-order valence-electron chi connectivity index (χ2n) is 5.63. The molecule has 0 saturated carbocycles. The number of hydrogen-bond acceptors (Lipinski definition) is 4. The van der Waals surface area contributed by atoms with Crippen LogP contribution in [0, 0.1) is 0 Å². The largest absolute Gasteiger partial charge is 0.493 e. The van der Waals surface area contributed by atoms with E-state index in [4.69, 9.17) is 25.8 Å². The van der Waals surface area contributed by atoms with Gasteiger partial charge in [0.1, 0.15) is 0 Å². The number of rotatable bonds is 9. The molecule has 140 valence electrons. The third kappa shape index (κ3) is 5.13. The molecule has 0 saturated heterocycles. The van der Waals surface area contributed by atoms with E-state index in [1.807, 2.05) is 37.3 Å². The molecular weight excluding hydrogens is 354 g/mol. The fourth-order valence-electron chi connectivity index (χ4n) is 2.57. The minimum atomic E-state index is -0.144. The van der Waals surface area contributed by atoms with E-state index >= 15 is 0 Å². The normalized spacial score (nSPS) is 10.5. The van der Waals surface area contributed by atoms with E-state index in [1.165, 1.54) is 7.11 Å². The Balaban J connectivity index is 2.30. The van der Waals surface area contributed by atoms with E-state index in [-0.39, 0.29) is 5.91 Å². The van der Waals surface area contributed by atoms with Crippen LogP contribution in [-0.4, -0.2) is 44.8 Å². The van der Waals surface area contributed by atoms with Gasteiger partial charge in [-0.15, -0.1) is 0 Å². The summed E-state index contributed by atoms with van der Waals surface area (Å²) < 4.78 is 16.0. The number of nitrogens with zero attached hydrogens (tertiary/aromatic N) is 1. The van der Waals surface area contributed by atoms with Crippen molar-refractivity contribution in [3.8, 4) is 11.5 Å². The monoisotopic (exact) mass is 377 g/mol. The lowest BCUT2D eigenvalue weighted by atomic mass is 10.1. The van der Waals surface area contributed by atoms with Crippen LogP contribution in [0.15, 0.2) is 42.5 Å². The predicted molar refractivity (Wildman–Crippen MR) is 102 cm³/mol. The lowest BCUT2D eigenvalue weighted by Gasteiger charge is -2.23. The van der Waals surface area contributed by atoms with Crippen LogP contribution in [0.5, 0.6) is 11.5 Å². The number of hydrogen-bond donors (Lipinski definition) is 0. The van der Waals surface area contributed by atoms with Crippen molar-refractivity contribution in [2.75, 3.05) is 34.0 Å². The molecule has 0 bridgehead atoms. The minimum absolute atomic E-state index is 0.144. The Bertz CT molecular complexity index is 721. The Morgan fingerprint density at radius 2 is 1.88 bits per heavy atom. The van der Waals surface area contributed by atoms with E-state index in [0.29, 0.717) is 48.4 Å². The predicted octanol–water partition coefficient (Wildman–Crippen LogP) is 4.04. The molecule has 2 aromatic rings. The van der Waals surface area contributed by atoms with Crippen molar-refractivity contribution < 1.29 is 19.0 Å². The number of methoxy groups -OCH3 is 2. The fourth-order valence-corrected chi connectivity index (χ4v) is 2.83. The molecule has 1 amide bonds. The number of amides is 1. The average Bonchev–Trinajstić information content (AvgIpc) is 2.66. The lowest BCUT2D eigenvalue weighted by molar-refractivity contribution is 0.0680. The molecule has 0 aliphatic heterocycles. The number of halogens is 1. The zero-order chi connectivity index (χ0) is 18.9. The zero-order valence-electron chi connectivity index (χ0n) is 15.3. The lowest BCUT2D eigenvalue weighted by Crippen LogP contribution is -2.33. The van der Waals surface area contributed by atoms with Crippen LogP contribution >= 0.6 is 11.6 Å². The van der Waals surface area contributed by atoms with Gasteiger partial charge < -0.3 is 19.1 Å². The summed E-state index contributed by atoms with van der Waals surface area (Å²) in [5.41, 5.74) is 1.49. The van der Waals surface area contributed by atoms with Gasteiger partial charge in [-0.2, -0.15) is 0 Å². The molecule has 2 aromatic carbocycles. The van der Waals surface area contributed by atoms with Crippen molar-refractivity contribution in [2.24, 2.45) is 0 Å². The molecule has 0 heterocycles. The first-order valence-corrected chi connectivity index (χ1v) is 8.81. The summed E-state index contributed by atoms with van der Waals surface area (Å²) in [7, 11) is 3.14. The SMILES string of the molecule is CCOc1c(Cl)cc(C(=O)N(CCOC)Cc2ccccc2)cc1OC. The van der Waals surface area contributed by atoms with Crippen molar-refractivity contribution in [3.63, 3.8) is 0 Å². The van der Waals surface area contributed by atoms with Gasteiger partial charge in [0.15, 0.2) is 11.5 Å². The quantitative estimate of drug-likeness (QED) is 0.661. The zero-order valence-corrected chi connectivity index (χ0v) is 16.1. The Morgan fingerprint density at radius 3 is 2.50 bits per heavy atom. The van der Waals surface area contributed by atoms with Gasteiger partial charge in [-0.05, 0) is 24.6 Å². The topological polar surface area (TPSA) is 48.0 Å². The Hall–Kier alpha value is -2.24. The Morgan fingerprint density at radius 1 is 1.15 bits per heavy atom. The average molecular weight is 378 g/mol. The van der Waals surface area contributed by atoms with E-state index in [0.717, 1.165) is 5.56 Å². The van der Waals surface area contributed by atoms with Crippen LogP contribution in [0.1, 0.15) is 22.8 Å². The molecule has 5 nitrogen and oxygen atoms in total. The molecule has 0 aliphatic carbocycles. The first-order chi connectivity index (χ1) is 12.6. The van der Waals surface area contributed by atoms with Crippen molar-refractivity contribution >= 4 is 17.5 Å². The highest BCUT2D eigenvalue weighted by Crippen LogP contribution is 2.36. The number of carbonyl (C=O) groups is 1. The maximum atomic E-state index is 13.1. The highest BCUT2D eigenvalue weighted by Gasteiger charge is 2.20. The van der Waals surface area contributed by atoms with Crippen molar-refractivity contribution in [1.82, 2.24) is 4.90 Å². The summed E-state index contributed by atoms with van der Waals surface area (Å²) in [5.74, 6) is 0.739. The molecule has 6 heteroatoms. The Kier molecular flexibility index (Phi) is 7.75. The highest BCUT2D eigenvalue weighted by molar-refractivity contribution is 6.32. The first kappa shape index (κ1) is 20.1. The van der Waals surface area contributed by atoms with Crippen LogP contribution in [0.2, 0.25) is 5.02 Å².